The summed E-state index contributed by atoms with van der Waals surface area (Å²) in [5.74, 6) is 0. The van der Waals surface area contributed by atoms with Crippen molar-refractivity contribution in [3.05, 3.63) is 58.1 Å². The highest BCUT2D eigenvalue weighted by Crippen LogP contribution is 2.32. The van der Waals surface area contributed by atoms with Gasteiger partial charge in [-0.25, -0.2) is 5.06 Å². The van der Waals surface area contributed by atoms with Gasteiger partial charge in [0.25, 0.3) is 0 Å². The molecule has 0 aliphatic carbocycles. The summed E-state index contributed by atoms with van der Waals surface area (Å²) >= 11 is 5.87. The number of hydrogen-bond acceptors (Lipinski definition) is 4. The molecule has 0 radical (unpaired) electrons. The van der Waals surface area contributed by atoms with Crippen LogP contribution in [0.4, 0.5) is 13.2 Å². The van der Waals surface area contributed by atoms with E-state index in [2.05, 4.69) is 5.32 Å². The maximum absolute atomic E-state index is 12.5. The quantitative estimate of drug-likeness (QED) is 0.829. The molecule has 1 aliphatic heterocycles. The van der Waals surface area contributed by atoms with Gasteiger partial charge in [-0.2, -0.15) is 13.2 Å². The second-order valence-electron chi connectivity index (χ2n) is 4.63. The molecule has 0 saturated carbocycles. The van der Waals surface area contributed by atoms with Crippen LogP contribution < -0.4 is 5.32 Å². The van der Waals surface area contributed by atoms with E-state index in [9.17, 15) is 23.2 Å². The van der Waals surface area contributed by atoms with E-state index >= 15 is 0 Å². The number of benzene rings is 1. The third-order valence-electron chi connectivity index (χ3n) is 3.11. The first-order chi connectivity index (χ1) is 10.3. The predicted octanol–water partition coefficient (Wildman–Crippen LogP) is 3.47. The number of nitrogens with zero attached hydrogens (tertiary/aromatic N) is 1. The van der Waals surface area contributed by atoms with Gasteiger partial charge in [0, 0.05) is 16.9 Å². The molecule has 0 unspecified atom stereocenters. The molecule has 1 heterocycles. The van der Waals surface area contributed by atoms with Crippen molar-refractivity contribution in [1.82, 2.24) is 10.4 Å². The summed E-state index contributed by atoms with van der Waals surface area (Å²) < 4.78 is 37.6. The van der Waals surface area contributed by atoms with Gasteiger partial charge in [-0.15, -0.1) is 0 Å². The van der Waals surface area contributed by atoms with Gasteiger partial charge >= 0.3 is 6.18 Å². The normalized spacial score (nSPS) is 15.0. The number of carbonyl (C=O) groups excluding carboxylic acids is 1. The second kappa shape index (κ2) is 6.41. The number of nitrogens with one attached hydrogen (secondary N) is 1. The lowest BCUT2D eigenvalue weighted by molar-refractivity contribution is -0.137. The average Bonchev–Trinajstić information content (AvgIpc) is 2.45. The number of halogens is 4. The van der Waals surface area contributed by atoms with Crippen molar-refractivity contribution in [1.29, 1.82) is 0 Å². The van der Waals surface area contributed by atoms with Crippen LogP contribution in [0, 0.1) is 0 Å². The van der Waals surface area contributed by atoms with Crippen molar-refractivity contribution in [2.45, 2.75) is 19.0 Å². The fourth-order valence-electron chi connectivity index (χ4n) is 1.91. The van der Waals surface area contributed by atoms with E-state index in [1.165, 1.54) is 18.5 Å². The van der Waals surface area contributed by atoms with Gasteiger partial charge in [0.05, 0.1) is 11.8 Å². The SMILES string of the molecule is O=CC1=CNC(CCc2ccc(C(F)(F)F)cc2Cl)=CN1O. The van der Waals surface area contributed by atoms with Crippen LogP contribution in [-0.4, -0.2) is 16.6 Å². The van der Waals surface area contributed by atoms with E-state index in [0.29, 0.717) is 35.5 Å². The minimum absolute atomic E-state index is 0.0382. The van der Waals surface area contributed by atoms with Gasteiger partial charge in [-0.05, 0) is 30.5 Å². The highest BCUT2D eigenvalue weighted by molar-refractivity contribution is 6.31. The van der Waals surface area contributed by atoms with Crippen LogP contribution in [0.5, 0.6) is 0 Å². The Balaban J connectivity index is 2.03. The third-order valence-corrected chi connectivity index (χ3v) is 3.46. The van der Waals surface area contributed by atoms with E-state index < -0.39 is 11.7 Å². The van der Waals surface area contributed by atoms with E-state index in [0.717, 1.165) is 12.1 Å². The topological polar surface area (TPSA) is 52.6 Å². The fourth-order valence-corrected chi connectivity index (χ4v) is 2.19. The summed E-state index contributed by atoms with van der Waals surface area (Å²) in [5, 5.41) is 13.0. The zero-order chi connectivity index (χ0) is 16.3. The summed E-state index contributed by atoms with van der Waals surface area (Å²) in [6.07, 6.45) is -0.507. The first-order valence-electron chi connectivity index (χ1n) is 6.27. The molecule has 0 spiro atoms. The molecule has 0 atom stereocenters. The molecule has 0 amide bonds. The Hall–Kier alpha value is -1.99. The molecule has 2 rings (SSSR count). The Labute approximate surface area is 129 Å². The minimum Gasteiger partial charge on any atom is -0.362 e. The van der Waals surface area contributed by atoms with Gasteiger partial charge in [0.1, 0.15) is 5.70 Å². The average molecular weight is 333 g/mol. The lowest BCUT2D eigenvalue weighted by Crippen LogP contribution is -2.24. The van der Waals surface area contributed by atoms with Gasteiger partial charge in [-0.3, -0.25) is 10.0 Å². The van der Waals surface area contributed by atoms with Crippen LogP contribution in [0.1, 0.15) is 17.5 Å². The minimum atomic E-state index is -4.43. The lowest BCUT2D eigenvalue weighted by Gasteiger charge is -2.20. The van der Waals surface area contributed by atoms with Crippen LogP contribution in [-0.2, 0) is 17.4 Å². The second-order valence-corrected chi connectivity index (χ2v) is 5.04. The number of carbonyl (C=O) groups is 1. The first-order valence-corrected chi connectivity index (χ1v) is 6.65. The van der Waals surface area contributed by atoms with Crippen molar-refractivity contribution in [2.24, 2.45) is 0 Å². The fraction of sp³-hybridized carbons (Fsp3) is 0.214. The van der Waals surface area contributed by atoms with Crippen molar-refractivity contribution in [3.8, 4) is 0 Å². The summed E-state index contributed by atoms with van der Waals surface area (Å²) in [6, 6.07) is 3.20. The van der Waals surface area contributed by atoms with Gasteiger partial charge in [-0.1, -0.05) is 17.7 Å². The Morgan fingerprint density at radius 3 is 2.59 bits per heavy atom. The Morgan fingerprint density at radius 1 is 1.32 bits per heavy atom. The first kappa shape index (κ1) is 16.4. The highest BCUT2D eigenvalue weighted by atomic mass is 35.5. The van der Waals surface area contributed by atoms with Crippen molar-refractivity contribution < 1.29 is 23.2 Å². The van der Waals surface area contributed by atoms with E-state index in [-0.39, 0.29) is 10.7 Å². The van der Waals surface area contributed by atoms with E-state index in [4.69, 9.17) is 11.6 Å². The smallest absolute Gasteiger partial charge is 0.362 e. The Bertz CT molecular complexity index is 641. The number of alkyl halides is 3. The van der Waals surface area contributed by atoms with Crippen LogP contribution >= 0.6 is 11.6 Å². The van der Waals surface area contributed by atoms with Crippen LogP contribution in [0.25, 0.3) is 0 Å². The molecule has 0 aromatic heterocycles. The Morgan fingerprint density at radius 2 is 2.05 bits per heavy atom. The molecule has 2 N–H and O–H groups in total. The highest BCUT2D eigenvalue weighted by Gasteiger charge is 2.30. The molecule has 1 aromatic rings. The standard InChI is InChI=1S/C14H12ClF3N2O2/c15-13-5-10(14(16,17)18)3-1-9(13)2-4-11-7-20(22)12(8-21)6-19-11/h1,3,5-8,19,22H,2,4H2. The maximum atomic E-state index is 12.5. The number of rotatable bonds is 4. The number of aryl methyl sites for hydroxylation is 1. The largest absolute Gasteiger partial charge is 0.416 e. The van der Waals surface area contributed by atoms with Crippen molar-refractivity contribution in [3.63, 3.8) is 0 Å². The number of hydroxylamine groups is 2. The molecule has 0 fully saturated rings. The maximum Gasteiger partial charge on any atom is 0.416 e. The lowest BCUT2D eigenvalue weighted by atomic mass is 10.1. The molecule has 8 heteroatoms. The summed E-state index contributed by atoms with van der Waals surface area (Å²) in [5.41, 5.74) is 0.420. The zero-order valence-electron chi connectivity index (χ0n) is 11.2. The monoisotopic (exact) mass is 332 g/mol. The van der Waals surface area contributed by atoms with Crippen molar-refractivity contribution >= 4 is 17.9 Å². The zero-order valence-corrected chi connectivity index (χ0v) is 11.9. The third kappa shape index (κ3) is 3.80. The van der Waals surface area contributed by atoms with E-state index in [1.54, 1.807) is 0 Å². The van der Waals surface area contributed by atoms with Crippen LogP contribution in [0.15, 0.2) is 42.0 Å². The number of hydrogen-bond donors (Lipinski definition) is 2. The predicted molar refractivity (Wildman–Crippen MR) is 73.8 cm³/mol. The molecule has 0 saturated heterocycles. The molecule has 118 valence electrons. The molecular formula is C14H12ClF3N2O2. The molecule has 0 bridgehead atoms. The molecular weight excluding hydrogens is 321 g/mol. The Kier molecular flexibility index (Phi) is 4.77. The van der Waals surface area contributed by atoms with Crippen molar-refractivity contribution in [2.75, 3.05) is 0 Å². The van der Waals surface area contributed by atoms with Crippen LogP contribution in [0.3, 0.4) is 0 Å². The summed E-state index contributed by atoms with van der Waals surface area (Å²) in [6.45, 7) is 0. The summed E-state index contributed by atoms with van der Waals surface area (Å²) in [7, 11) is 0. The van der Waals surface area contributed by atoms with Crippen LogP contribution in [0.2, 0.25) is 5.02 Å². The number of allylic oxidation sites excluding steroid dienone is 2. The van der Waals surface area contributed by atoms with Gasteiger partial charge in [0.15, 0.2) is 6.29 Å². The number of aldehydes is 1. The van der Waals surface area contributed by atoms with Gasteiger partial charge in [0.2, 0.25) is 0 Å². The molecule has 4 nitrogen and oxygen atoms in total. The molecule has 1 aromatic carbocycles. The van der Waals surface area contributed by atoms with Gasteiger partial charge < -0.3 is 5.32 Å². The molecule has 1 aliphatic rings. The molecule has 22 heavy (non-hydrogen) atoms. The van der Waals surface area contributed by atoms with E-state index in [1.807, 2.05) is 0 Å². The summed E-state index contributed by atoms with van der Waals surface area (Å²) in [4.78, 5) is 10.6.